The van der Waals surface area contributed by atoms with Gasteiger partial charge in [-0.1, -0.05) is 11.6 Å². The number of alkyl halides is 3. The lowest BCUT2D eigenvalue weighted by Crippen LogP contribution is -2.28. The van der Waals surface area contributed by atoms with E-state index in [1.54, 1.807) is 19.9 Å². The molecule has 0 spiro atoms. The highest BCUT2D eigenvalue weighted by atomic mass is 32.2. The molecule has 0 saturated heterocycles. The molecule has 1 aromatic heterocycles. The fourth-order valence-corrected chi connectivity index (χ4v) is 3.31. The van der Waals surface area contributed by atoms with Crippen LogP contribution in [0.1, 0.15) is 43.5 Å². The van der Waals surface area contributed by atoms with Crippen LogP contribution in [-0.2, 0) is 27.5 Å². The fraction of sp³-hybridized carbons (Fsp3) is 0.364. The molecule has 1 unspecified atom stereocenters. The first-order chi connectivity index (χ1) is 15.7. The van der Waals surface area contributed by atoms with Crippen molar-refractivity contribution in [1.82, 2.24) is 10.3 Å². The third kappa shape index (κ3) is 8.01. The molecule has 2 rings (SSSR count). The molecule has 0 aliphatic rings. The Morgan fingerprint density at radius 1 is 1.21 bits per heavy atom. The Kier molecular flexibility index (Phi) is 8.65. The zero-order valence-electron chi connectivity index (χ0n) is 19.0. The number of benzene rings is 1. The molecule has 1 atom stereocenters. The van der Waals surface area contributed by atoms with Crippen LogP contribution in [0.5, 0.6) is 5.88 Å². The summed E-state index contributed by atoms with van der Waals surface area (Å²) in [6, 6.07) is 5.59. The number of rotatable bonds is 9. The molecule has 0 aliphatic heterocycles. The van der Waals surface area contributed by atoms with E-state index < -0.39 is 39.5 Å². The number of pyridine rings is 1. The molecule has 1 heterocycles. The van der Waals surface area contributed by atoms with Gasteiger partial charge in [0.2, 0.25) is 21.8 Å². The van der Waals surface area contributed by atoms with E-state index in [0.29, 0.717) is 0 Å². The normalized spacial score (nSPS) is 12.6. The van der Waals surface area contributed by atoms with Crippen molar-refractivity contribution in [1.29, 1.82) is 0 Å². The minimum atomic E-state index is -4.66. The first-order valence-corrected chi connectivity index (χ1v) is 11.9. The van der Waals surface area contributed by atoms with Gasteiger partial charge in [-0.25, -0.2) is 17.8 Å². The maximum Gasteiger partial charge on any atom is 0.433 e. The number of anilines is 1. The van der Waals surface area contributed by atoms with Crippen LogP contribution in [-0.4, -0.2) is 32.2 Å². The van der Waals surface area contributed by atoms with Crippen molar-refractivity contribution in [2.24, 2.45) is 0 Å². The molecular formula is C22H25F4N3O4S. The van der Waals surface area contributed by atoms with Gasteiger partial charge in [-0.3, -0.25) is 9.52 Å². The van der Waals surface area contributed by atoms with Crippen LogP contribution in [0.3, 0.4) is 0 Å². The van der Waals surface area contributed by atoms with Gasteiger partial charge in [0.1, 0.15) is 18.1 Å². The van der Waals surface area contributed by atoms with Crippen molar-refractivity contribution in [3.63, 3.8) is 0 Å². The molecule has 1 aromatic carbocycles. The largest absolute Gasteiger partial charge is 0.473 e. The Morgan fingerprint density at radius 2 is 1.88 bits per heavy atom. The van der Waals surface area contributed by atoms with E-state index in [1.165, 1.54) is 25.1 Å². The van der Waals surface area contributed by atoms with Gasteiger partial charge in [-0.15, -0.1) is 0 Å². The standard InChI is InChI=1S/C22H25F4N3O4S/c1-13(2)9-10-33-21-16(6-8-19(28-21)22(24,25)26)12-27-20(30)14(3)15-5-7-18(17(23)11-15)29-34(4,31)32/h5-9,11,14,29H,10,12H2,1-4H3,(H,27,30). The number of hydrogen-bond acceptors (Lipinski definition) is 5. The number of aromatic nitrogens is 1. The van der Waals surface area contributed by atoms with Gasteiger partial charge in [0.25, 0.3) is 0 Å². The van der Waals surface area contributed by atoms with Gasteiger partial charge in [-0.2, -0.15) is 13.2 Å². The highest BCUT2D eigenvalue weighted by molar-refractivity contribution is 7.92. The summed E-state index contributed by atoms with van der Waals surface area (Å²) in [6.45, 7) is 4.94. The lowest BCUT2D eigenvalue weighted by molar-refractivity contribution is -0.141. The molecule has 0 saturated carbocycles. The number of hydrogen-bond donors (Lipinski definition) is 2. The van der Waals surface area contributed by atoms with E-state index in [9.17, 15) is 30.8 Å². The van der Waals surface area contributed by atoms with Crippen LogP contribution >= 0.6 is 0 Å². The highest BCUT2D eigenvalue weighted by Gasteiger charge is 2.33. The van der Waals surface area contributed by atoms with Crippen molar-refractivity contribution in [3.8, 4) is 5.88 Å². The topological polar surface area (TPSA) is 97.4 Å². The van der Waals surface area contributed by atoms with Gasteiger partial charge in [0.05, 0.1) is 17.9 Å². The van der Waals surface area contributed by atoms with Gasteiger partial charge >= 0.3 is 6.18 Å². The molecule has 7 nitrogen and oxygen atoms in total. The Bertz CT molecular complexity index is 1180. The predicted octanol–water partition coefficient (Wildman–Crippen LogP) is 4.38. The first kappa shape index (κ1) is 27.1. The molecule has 2 N–H and O–H groups in total. The Hall–Kier alpha value is -3.15. The maximum atomic E-state index is 14.2. The summed E-state index contributed by atoms with van der Waals surface area (Å²) in [5.74, 6) is -2.48. The van der Waals surface area contributed by atoms with Crippen molar-refractivity contribution in [3.05, 3.63) is 64.6 Å². The Morgan fingerprint density at radius 3 is 2.44 bits per heavy atom. The van der Waals surface area contributed by atoms with Gasteiger partial charge in [0.15, 0.2) is 0 Å². The number of sulfonamides is 1. The number of nitrogens with one attached hydrogen (secondary N) is 2. The van der Waals surface area contributed by atoms with Crippen molar-refractivity contribution in [2.45, 2.75) is 39.4 Å². The molecule has 34 heavy (non-hydrogen) atoms. The minimum Gasteiger partial charge on any atom is -0.473 e. The summed E-state index contributed by atoms with van der Waals surface area (Å²) < 4.78 is 83.3. The molecule has 1 amide bonds. The van der Waals surface area contributed by atoms with E-state index in [4.69, 9.17) is 4.74 Å². The van der Waals surface area contributed by atoms with Crippen LogP contribution in [0.15, 0.2) is 42.0 Å². The second-order valence-corrected chi connectivity index (χ2v) is 9.55. The number of carbonyl (C=O) groups excluding carboxylic acids is 1. The van der Waals surface area contributed by atoms with Crippen LogP contribution in [0.2, 0.25) is 0 Å². The lowest BCUT2D eigenvalue weighted by Gasteiger charge is -2.16. The van der Waals surface area contributed by atoms with Crippen molar-refractivity contribution >= 4 is 21.6 Å². The average molecular weight is 504 g/mol. The van der Waals surface area contributed by atoms with Gasteiger partial charge in [-0.05, 0) is 56.7 Å². The molecule has 0 fully saturated rings. The van der Waals surface area contributed by atoms with E-state index in [2.05, 4.69) is 10.3 Å². The second-order valence-electron chi connectivity index (χ2n) is 7.80. The zero-order valence-corrected chi connectivity index (χ0v) is 19.8. The summed E-state index contributed by atoms with van der Waals surface area (Å²) >= 11 is 0. The summed E-state index contributed by atoms with van der Waals surface area (Å²) in [4.78, 5) is 16.1. The van der Waals surface area contributed by atoms with Crippen LogP contribution in [0.4, 0.5) is 23.2 Å². The smallest absolute Gasteiger partial charge is 0.433 e. The average Bonchev–Trinajstić information content (AvgIpc) is 2.71. The van der Waals surface area contributed by atoms with Crippen molar-refractivity contribution in [2.75, 3.05) is 17.6 Å². The number of halogens is 4. The summed E-state index contributed by atoms with van der Waals surface area (Å²) in [6.07, 6.45) is -2.11. The molecule has 0 bridgehead atoms. The zero-order chi connectivity index (χ0) is 25.7. The second kappa shape index (κ2) is 10.9. The molecule has 2 aromatic rings. The van der Waals surface area contributed by atoms with Crippen LogP contribution in [0, 0.1) is 5.82 Å². The summed E-state index contributed by atoms with van der Waals surface area (Å²) in [5, 5.41) is 2.58. The molecule has 186 valence electrons. The molecule has 12 heteroatoms. The Labute approximate surface area is 195 Å². The number of allylic oxidation sites excluding steroid dienone is 1. The molecule has 0 radical (unpaired) electrons. The fourth-order valence-electron chi connectivity index (χ4n) is 2.74. The minimum absolute atomic E-state index is 0.00113. The highest BCUT2D eigenvalue weighted by Crippen LogP contribution is 2.30. The van der Waals surface area contributed by atoms with E-state index in [1.807, 2.05) is 4.72 Å². The number of amides is 1. The van der Waals surface area contributed by atoms with E-state index >= 15 is 0 Å². The monoisotopic (exact) mass is 503 g/mol. The third-order valence-corrected chi connectivity index (χ3v) is 5.17. The van der Waals surface area contributed by atoms with Crippen LogP contribution < -0.4 is 14.8 Å². The quantitative estimate of drug-likeness (QED) is 0.391. The predicted molar refractivity (Wildman–Crippen MR) is 119 cm³/mol. The number of carbonyl (C=O) groups is 1. The van der Waals surface area contributed by atoms with Gasteiger partial charge in [0, 0.05) is 12.1 Å². The van der Waals surface area contributed by atoms with Crippen LogP contribution in [0.25, 0.3) is 0 Å². The lowest BCUT2D eigenvalue weighted by atomic mass is 9.99. The first-order valence-electron chi connectivity index (χ1n) is 10.1. The number of nitrogens with zero attached hydrogens (tertiary/aromatic N) is 1. The summed E-state index contributed by atoms with van der Waals surface area (Å²) in [7, 11) is -3.68. The third-order valence-electron chi connectivity index (χ3n) is 4.58. The van der Waals surface area contributed by atoms with E-state index in [0.717, 1.165) is 24.0 Å². The molecule has 0 aliphatic carbocycles. The Balaban J connectivity index is 2.16. The SMILES string of the molecule is CC(C)=CCOc1nc(C(F)(F)F)ccc1CNC(=O)C(C)c1ccc(NS(C)(=O)=O)c(F)c1. The summed E-state index contributed by atoms with van der Waals surface area (Å²) in [5.41, 5.74) is 0.0316. The maximum absolute atomic E-state index is 14.2. The number of ether oxygens (including phenoxy) is 1. The van der Waals surface area contributed by atoms with Crippen molar-refractivity contribution < 1.29 is 35.5 Å². The van der Waals surface area contributed by atoms with Gasteiger partial charge < -0.3 is 10.1 Å². The molecular weight excluding hydrogens is 478 g/mol. The van der Waals surface area contributed by atoms with E-state index in [-0.39, 0.29) is 35.8 Å².